The Morgan fingerprint density at radius 2 is 1.92 bits per heavy atom. The number of amides is 1. The zero-order chi connectivity index (χ0) is 18.8. The summed E-state index contributed by atoms with van der Waals surface area (Å²) in [5, 5.41) is 6.56. The molecule has 0 fully saturated rings. The summed E-state index contributed by atoms with van der Waals surface area (Å²) in [5.41, 5.74) is 2.63. The lowest BCUT2D eigenvalue weighted by Crippen LogP contribution is -2.16. The summed E-state index contributed by atoms with van der Waals surface area (Å²) in [4.78, 5) is 16.9. The summed E-state index contributed by atoms with van der Waals surface area (Å²) >= 11 is 0. The average molecular weight is 356 g/mol. The number of anilines is 1. The van der Waals surface area contributed by atoms with Gasteiger partial charge in [-0.25, -0.2) is 0 Å². The van der Waals surface area contributed by atoms with Crippen molar-refractivity contribution in [3.05, 3.63) is 53.6 Å². The van der Waals surface area contributed by atoms with Crippen LogP contribution in [-0.2, 0) is 9.63 Å². The number of carbonyl (C=O) groups excluding carboxylic acids is 1. The molecule has 0 aliphatic carbocycles. The van der Waals surface area contributed by atoms with E-state index in [4.69, 9.17) is 14.3 Å². The van der Waals surface area contributed by atoms with Crippen LogP contribution in [0.2, 0.25) is 0 Å². The van der Waals surface area contributed by atoms with Gasteiger partial charge in [-0.05, 0) is 43.7 Å². The van der Waals surface area contributed by atoms with E-state index in [-0.39, 0.29) is 12.5 Å². The molecule has 0 bridgehead atoms. The Balaban J connectivity index is 1.83. The number of methoxy groups -OCH3 is 1. The van der Waals surface area contributed by atoms with Crippen LogP contribution in [0, 0.1) is 6.92 Å². The highest BCUT2D eigenvalue weighted by atomic mass is 16.6. The molecule has 138 valence electrons. The number of nitrogens with zero attached hydrogens (tertiary/aromatic N) is 1. The highest BCUT2D eigenvalue weighted by Crippen LogP contribution is 2.27. The molecule has 2 aromatic rings. The first-order chi connectivity index (χ1) is 12.6. The fraction of sp³-hybridized carbons (Fsp3) is 0.300. The minimum absolute atomic E-state index is 0.167. The predicted octanol–water partition coefficient (Wildman–Crippen LogP) is 3.78. The number of hydrogen-bond acceptors (Lipinski definition) is 5. The monoisotopic (exact) mass is 356 g/mol. The van der Waals surface area contributed by atoms with Crippen molar-refractivity contribution in [3.63, 3.8) is 0 Å². The van der Waals surface area contributed by atoms with E-state index >= 15 is 0 Å². The van der Waals surface area contributed by atoms with Crippen LogP contribution in [0.25, 0.3) is 0 Å². The molecule has 0 unspecified atom stereocenters. The van der Waals surface area contributed by atoms with E-state index in [0.717, 1.165) is 23.2 Å². The summed E-state index contributed by atoms with van der Waals surface area (Å²) in [6, 6.07) is 13.0. The van der Waals surface area contributed by atoms with Crippen molar-refractivity contribution in [2.45, 2.75) is 20.3 Å². The van der Waals surface area contributed by atoms with Crippen LogP contribution in [-0.4, -0.2) is 32.4 Å². The van der Waals surface area contributed by atoms with Gasteiger partial charge in [0, 0.05) is 11.3 Å². The van der Waals surface area contributed by atoms with Crippen LogP contribution < -0.4 is 14.8 Å². The molecule has 0 heterocycles. The van der Waals surface area contributed by atoms with Crippen LogP contribution in [0.3, 0.4) is 0 Å². The van der Waals surface area contributed by atoms with Gasteiger partial charge in [0.25, 0.3) is 5.91 Å². The molecule has 0 aliphatic rings. The van der Waals surface area contributed by atoms with Gasteiger partial charge in [-0.15, -0.1) is 0 Å². The van der Waals surface area contributed by atoms with Crippen LogP contribution >= 0.6 is 0 Å². The Kier molecular flexibility index (Phi) is 7.49. The third kappa shape index (κ3) is 6.12. The highest BCUT2D eigenvalue weighted by Gasteiger charge is 2.05. The normalized spacial score (nSPS) is 10.6. The molecule has 0 saturated carbocycles. The fourth-order valence-electron chi connectivity index (χ4n) is 2.12. The Labute approximate surface area is 153 Å². The van der Waals surface area contributed by atoms with Crippen LogP contribution in [0.15, 0.2) is 47.6 Å². The van der Waals surface area contributed by atoms with Crippen molar-refractivity contribution >= 4 is 17.8 Å². The molecule has 0 aliphatic heterocycles. The van der Waals surface area contributed by atoms with E-state index in [1.165, 1.54) is 6.21 Å². The number of ether oxygens (including phenoxy) is 2. The van der Waals surface area contributed by atoms with Gasteiger partial charge in [-0.3, -0.25) is 4.79 Å². The highest BCUT2D eigenvalue weighted by molar-refractivity contribution is 5.91. The van der Waals surface area contributed by atoms with E-state index in [0.29, 0.717) is 18.1 Å². The molecule has 1 N–H and O–H groups in total. The second-order valence-electron chi connectivity index (χ2n) is 5.68. The molecule has 0 saturated heterocycles. The quantitative estimate of drug-likeness (QED) is 0.548. The maximum Gasteiger partial charge on any atom is 0.265 e. The first-order valence-corrected chi connectivity index (χ1v) is 8.45. The first kappa shape index (κ1) is 19.3. The largest absolute Gasteiger partial charge is 0.493 e. The summed E-state index contributed by atoms with van der Waals surface area (Å²) in [6.45, 7) is 4.49. The smallest absolute Gasteiger partial charge is 0.265 e. The van der Waals surface area contributed by atoms with E-state index in [2.05, 4.69) is 10.5 Å². The Morgan fingerprint density at radius 3 is 2.62 bits per heavy atom. The number of oxime groups is 1. The lowest BCUT2D eigenvalue weighted by molar-refractivity contribution is -0.120. The van der Waals surface area contributed by atoms with Crippen molar-refractivity contribution in [2.24, 2.45) is 5.16 Å². The standard InChI is InChI=1S/C20H24N2O4/c1-4-11-25-18-10-7-16(12-19(18)24-3)13-21-26-14-20(23)22-17-8-5-15(2)6-9-17/h5-10,12-13H,4,11,14H2,1-3H3,(H,22,23)/b21-13-. The first-order valence-electron chi connectivity index (χ1n) is 8.45. The molecule has 6 heteroatoms. The van der Waals surface area contributed by atoms with E-state index < -0.39 is 0 Å². The van der Waals surface area contributed by atoms with Gasteiger partial charge in [0.2, 0.25) is 0 Å². The maximum absolute atomic E-state index is 11.8. The van der Waals surface area contributed by atoms with E-state index in [1.807, 2.05) is 50.2 Å². The van der Waals surface area contributed by atoms with Gasteiger partial charge in [0.1, 0.15) is 0 Å². The van der Waals surface area contributed by atoms with Crippen LogP contribution in [0.1, 0.15) is 24.5 Å². The number of aryl methyl sites for hydroxylation is 1. The minimum atomic E-state index is -0.271. The molecule has 2 rings (SSSR count). The molecule has 0 aromatic heterocycles. The van der Waals surface area contributed by atoms with Gasteiger partial charge in [-0.2, -0.15) is 0 Å². The van der Waals surface area contributed by atoms with Gasteiger partial charge in [-0.1, -0.05) is 29.8 Å². The van der Waals surface area contributed by atoms with Crippen LogP contribution in [0.5, 0.6) is 11.5 Å². The number of benzene rings is 2. The van der Waals surface area contributed by atoms with Gasteiger partial charge in [0.05, 0.1) is 19.9 Å². The molecule has 2 aromatic carbocycles. The van der Waals surface area contributed by atoms with Crippen LogP contribution in [0.4, 0.5) is 5.69 Å². The number of hydrogen-bond donors (Lipinski definition) is 1. The second kappa shape index (κ2) is 10.1. The second-order valence-corrected chi connectivity index (χ2v) is 5.68. The van der Waals surface area contributed by atoms with E-state index in [1.54, 1.807) is 13.2 Å². The SMILES string of the molecule is CCCOc1ccc(/C=N\OCC(=O)Nc2ccc(C)cc2)cc1OC. The minimum Gasteiger partial charge on any atom is -0.493 e. The molecule has 0 radical (unpaired) electrons. The summed E-state index contributed by atoms with van der Waals surface area (Å²) in [7, 11) is 1.58. The fourth-order valence-corrected chi connectivity index (χ4v) is 2.12. The van der Waals surface area contributed by atoms with Crippen molar-refractivity contribution in [1.82, 2.24) is 0 Å². The molecule has 0 spiro atoms. The van der Waals surface area contributed by atoms with Gasteiger partial charge < -0.3 is 19.6 Å². The molecular formula is C20H24N2O4. The average Bonchev–Trinajstić information content (AvgIpc) is 2.65. The number of rotatable bonds is 9. The van der Waals surface area contributed by atoms with E-state index in [9.17, 15) is 4.79 Å². The molecule has 1 amide bonds. The zero-order valence-electron chi connectivity index (χ0n) is 15.3. The Hall–Kier alpha value is -3.02. The molecular weight excluding hydrogens is 332 g/mol. The number of carbonyl (C=O) groups is 1. The van der Waals surface area contributed by atoms with Crippen molar-refractivity contribution < 1.29 is 19.1 Å². The third-order valence-corrected chi connectivity index (χ3v) is 3.46. The zero-order valence-corrected chi connectivity index (χ0v) is 15.3. The van der Waals surface area contributed by atoms with Crippen molar-refractivity contribution in [1.29, 1.82) is 0 Å². The predicted molar refractivity (Wildman–Crippen MR) is 102 cm³/mol. The number of nitrogens with one attached hydrogen (secondary N) is 1. The maximum atomic E-state index is 11.8. The van der Waals surface area contributed by atoms with Crippen molar-refractivity contribution in [2.75, 3.05) is 25.6 Å². The topological polar surface area (TPSA) is 69.2 Å². The van der Waals surface area contributed by atoms with Crippen molar-refractivity contribution in [3.8, 4) is 11.5 Å². The summed E-state index contributed by atoms with van der Waals surface area (Å²) in [5.74, 6) is 1.04. The Bertz CT molecular complexity index is 742. The third-order valence-electron chi connectivity index (χ3n) is 3.46. The molecule has 6 nitrogen and oxygen atoms in total. The lowest BCUT2D eigenvalue weighted by atomic mass is 10.2. The van der Waals surface area contributed by atoms with Gasteiger partial charge in [0.15, 0.2) is 18.1 Å². The van der Waals surface area contributed by atoms with Gasteiger partial charge >= 0.3 is 0 Å². The Morgan fingerprint density at radius 1 is 1.15 bits per heavy atom. The summed E-state index contributed by atoms with van der Waals surface area (Å²) in [6.07, 6.45) is 2.44. The lowest BCUT2D eigenvalue weighted by Gasteiger charge is -2.10. The molecule has 26 heavy (non-hydrogen) atoms. The molecule has 0 atom stereocenters. The summed E-state index contributed by atoms with van der Waals surface area (Å²) < 4.78 is 10.9.